The van der Waals surface area contributed by atoms with E-state index in [-0.39, 0.29) is 12.4 Å². The number of nitrogens with zero attached hydrogens (tertiary/aromatic N) is 2. The van der Waals surface area contributed by atoms with Crippen LogP contribution in [0.15, 0.2) is 0 Å². The molecule has 0 rings (SSSR count). The van der Waals surface area contributed by atoms with Gasteiger partial charge in [0.1, 0.15) is 0 Å². The maximum atomic E-state index is 7.43. The average molecular weight is 806 g/mol. The summed E-state index contributed by atoms with van der Waals surface area (Å²) < 4.78 is 13.5. The summed E-state index contributed by atoms with van der Waals surface area (Å²) in [4.78, 5) is 0. The molecule has 0 aliphatic rings. The molecule has 0 N–H and O–H groups in total. The van der Waals surface area contributed by atoms with Crippen molar-refractivity contribution >= 4 is 0 Å². The van der Waals surface area contributed by atoms with Crippen LogP contribution in [-0.2, 0) is 22.1 Å². The molecule has 53 heavy (non-hydrogen) atoms. The van der Waals surface area contributed by atoms with Crippen molar-refractivity contribution in [2.45, 2.75) is 273 Å². The molecule has 0 aromatic carbocycles. The normalized spacial score (nSPS) is 12.2. The monoisotopic (exact) mass is 805 g/mol. The van der Waals surface area contributed by atoms with Crippen LogP contribution >= 0.6 is 0 Å². The van der Waals surface area contributed by atoms with Crippen molar-refractivity contribution in [3.63, 3.8) is 0 Å². The second-order valence-corrected chi connectivity index (χ2v) is 20.2. The molecule has 5 heteroatoms. The smallest absolute Gasteiger partial charge is 1.00 e. The molecule has 0 aromatic rings. The molecule has 0 radical (unpaired) electrons. The number of hydrogen-bond acceptors (Lipinski definition) is 3. The van der Waals surface area contributed by atoms with Gasteiger partial charge in [-0.3, -0.25) is 0 Å². The van der Waals surface area contributed by atoms with E-state index in [1.54, 1.807) is 0 Å². The van der Waals surface area contributed by atoms with E-state index in [1.165, 1.54) is 257 Å². The Hall–Kier alpha value is 0.884. The van der Waals surface area contributed by atoms with Gasteiger partial charge < -0.3 is 12.4 Å². The molecular weight excluding hydrogens is 704 g/mol. The number of hydrogen-bond donors (Lipinski definition) is 0. The Bertz CT molecular complexity index is 571. The first-order valence-electron chi connectivity index (χ1n) is 24.7. The van der Waals surface area contributed by atoms with E-state index in [0.717, 1.165) is 12.5 Å². The fourth-order valence-electron chi connectivity index (χ4n) is 7.83. The van der Waals surface area contributed by atoms with E-state index in [4.69, 9.17) is 3.32 Å². The minimum atomic E-state index is -2.07. The zero-order chi connectivity index (χ0) is 38.0. The fraction of sp³-hybridized carbons (Fsp3) is 1.00. The summed E-state index contributed by atoms with van der Waals surface area (Å²) in [5, 5.41) is 0. The molecule has 1 atom stereocenters. The van der Waals surface area contributed by atoms with Gasteiger partial charge >= 0.3 is 340 Å². The maximum absolute atomic E-state index is 7.43. The Morgan fingerprint density at radius 1 is 0.340 bits per heavy atom. The molecule has 0 saturated carbocycles. The summed E-state index contributed by atoms with van der Waals surface area (Å²) in [6.07, 6.45) is 50.6. The van der Waals surface area contributed by atoms with E-state index in [0.29, 0.717) is 0 Å². The zero-order valence-electron chi connectivity index (χ0n) is 37.7. The standard InChI is InChI=1S/2C20H42N.C8H17O.ClH.Ti/c2*1-3-5-7-9-11-13-15-17-19-21-20-18-16-14-12-10-8-6-4-2;1-3-5-6-8(4-2)7-9;;/h2*3-20H2,1-2H3;8H,3-7H2,1-2H3;1H;/q3*-1;;+4/p-1. The van der Waals surface area contributed by atoms with Crippen LogP contribution in [-0.4, -0.2) is 39.5 Å². The van der Waals surface area contributed by atoms with Crippen LogP contribution in [0.25, 0.3) is 0 Å². The topological polar surface area (TPSA) is 15.7 Å². The number of unbranched alkanes of at least 4 members (excludes halogenated alkanes) is 29. The average Bonchev–Trinajstić information content (AvgIpc) is 3.16. The molecular formula is C48H101ClN2OTi. The Morgan fingerprint density at radius 3 is 0.830 bits per heavy atom. The van der Waals surface area contributed by atoms with Crippen molar-refractivity contribution in [1.82, 2.24) is 6.76 Å². The van der Waals surface area contributed by atoms with Crippen LogP contribution in [0.3, 0.4) is 0 Å². The summed E-state index contributed by atoms with van der Waals surface area (Å²) in [7, 11) is 0. The minimum absolute atomic E-state index is 0. The van der Waals surface area contributed by atoms with Crippen molar-refractivity contribution < 1.29 is 34.5 Å². The molecule has 0 aliphatic heterocycles. The van der Waals surface area contributed by atoms with Gasteiger partial charge in [0, 0.05) is 0 Å². The summed E-state index contributed by atoms with van der Waals surface area (Å²) in [6.45, 7) is 20.3. The number of halogens is 1. The fourth-order valence-corrected chi connectivity index (χ4v) is 11.8. The van der Waals surface area contributed by atoms with Gasteiger partial charge in [0.15, 0.2) is 0 Å². The number of rotatable bonds is 45. The molecule has 0 amide bonds. The van der Waals surface area contributed by atoms with Gasteiger partial charge in [-0.05, 0) is 0 Å². The van der Waals surface area contributed by atoms with Crippen LogP contribution in [0.2, 0.25) is 0 Å². The molecule has 1 unspecified atom stereocenters. The first kappa shape index (κ1) is 56.0. The van der Waals surface area contributed by atoms with Gasteiger partial charge in [0.25, 0.3) is 0 Å². The van der Waals surface area contributed by atoms with Crippen LogP contribution < -0.4 is 12.4 Å². The summed E-state index contributed by atoms with van der Waals surface area (Å²) in [5.74, 6) is 0.739. The van der Waals surface area contributed by atoms with Crippen molar-refractivity contribution in [3.05, 3.63) is 0 Å². The molecule has 0 aliphatic carbocycles. The largest absolute Gasteiger partial charge is 1.00 e. The molecule has 3 nitrogen and oxygen atoms in total. The first-order chi connectivity index (χ1) is 25.7. The van der Waals surface area contributed by atoms with Crippen LogP contribution in [0, 0.1) is 5.92 Å². The van der Waals surface area contributed by atoms with E-state index in [1.807, 2.05) is 0 Å². The predicted octanol–water partition coefficient (Wildman–Crippen LogP) is 13.8. The van der Waals surface area contributed by atoms with Crippen molar-refractivity contribution in [3.8, 4) is 0 Å². The third-order valence-electron chi connectivity index (χ3n) is 11.7. The van der Waals surface area contributed by atoms with E-state index < -0.39 is 18.8 Å². The molecule has 0 heterocycles. The predicted molar refractivity (Wildman–Crippen MR) is 233 cm³/mol. The van der Waals surface area contributed by atoms with Gasteiger partial charge in [-0.25, -0.2) is 0 Å². The summed E-state index contributed by atoms with van der Waals surface area (Å²) >= 11 is -2.07. The minimum Gasteiger partial charge on any atom is -1.00 e. The summed E-state index contributed by atoms with van der Waals surface area (Å²) in [6, 6.07) is 0. The zero-order valence-corrected chi connectivity index (χ0v) is 40.1. The maximum Gasteiger partial charge on any atom is -1.00 e. The van der Waals surface area contributed by atoms with Gasteiger partial charge in [-0.2, -0.15) is 0 Å². The van der Waals surface area contributed by atoms with Crippen LogP contribution in [0.5, 0.6) is 0 Å². The Balaban J connectivity index is 0. The Morgan fingerprint density at radius 2 is 0.585 bits per heavy atom. The first-order valence-corrected chi connectivity index (χ1v) is 26.7. The SMILES string of the molecule is CCCCCCCCCC[N](CCCCCCCCCC)[Ti+]([O]CC(CC)CCCC)[N](CCCCCCCCCC)CCCCCCCCCC.[Cl-]. The van der Waals surface area contributed by atoms with E-state index in [9.17, 15) is 0 Å². The van der Waals surface area contributed by atoms with Crippen LogP contribution in [0.1, 0.15) is 273 Å². The third-order valence-corrected chi connectivity index (χ3v) is 15.4. The van der Waals surface area contributed by atoms with E-state index in [2.05, 4.69) is 48.3 Å². The second kappa shape index (κ2) is 47.3. The molecule has 0 fully saturated rings. The molecule has 320 valence electrons. The van der Waals surface area contributed by atoms with Gasteiger partial charge in [0.2, 0.25) is 0 Å². The van der Waals surface area contributed by atoms with Crippen LogP contribution in [0.4, 0.5) is 0 Å². The van der Waals surface area contributed by atoms with Crippen molar-refractivity contribution in [2.24, 2.45) is 5.92 Å². The third kappa shape index (κ3) is 38.2. The summed E-state index contributed by atoms with van der Waals surface area (Å²) in [5.41, 5.74) is 0. The Labute approximate surface area is 350 Å². The quantitative estimate of drug-likeness (QED) is 0.0450. The second-order valence-electron chi connectivity index (χ2n) is 16.9. The van der Waals surface area contributed by atoms with Gasteiger partial charge in [0.05, 0.1) is 0 Å². The molecule has 0 aromatic heterocycles. The van der Waals surface area contributed by atoms with Gasteiger partial charge in [-0.1, -0.05) is 0 Å². The van der Waals surface area contributed by atoms with Crippen molar-refractivity contribution in [1.29, 1.82) is 0 Å². The van der Waals surface area contributed by atoms with Crippen molar-refractivity contribution in [2.75, 3.05) is 32.8 Å². The molecule has 0 spiro atoms. The van der Waals surface area contributed by atoms with Gasteiger partial charge in [-0.15, -0.1) is 0 Å². The Kier molecular flexibility index (Phi) is 49.9. The molecule has 0 bridgehead atoms. The molecule has 0 saturated heterocycles. The van der Waals surface area contributed by atoms with E-state index >= 15 is 0 Å².